The van der Waals surface area contributed by atoms with Gasteiger partial charge < -0.3 is 25.0 Å². The molecule has 4 fully saturated rings. The monoisotopic (exact) mass is 711 g/mol. The molecule has 1 heterocycles. The van der Waals surface area contributed by atoms with Gasteiger partial charge in [0.05, 0.1) is 18.1 Å². The minimum Gasteiger partial charge on any atom is -0.467 e. The number of alkyl carbamates (subject to hydrolysis) is 1. The zero-order chi connectivity index (χ0) is 32.9. The maximum atomic E-state index is 14.2. The molecular weight excluding hydrogens is 670 g/mol. The Morgan fingerprint density at radius 3 is 2.24 bits per heavy atom. The summed E-state index contributed by atoms with van der Waals surface area (Å²) in [4.78, 5) is 54.9. The van der Waals surface area contributed by atoms with E-state index in [1.54, 1.807) is 32.9 Å². The molecular formula is C31H42BrN3O9S. The second kappa shape index (κ2) is 12.5. The van der Waals surface area contributed by atoms with Crippen LogP contribution in [0.3, 0.4) is 0 Å². The summed E-state index contributed by atoms with van der Waals surface area (Å²) >= 11 is 3.28. The number of ether oxygens (including phenoxy) is 2. The SMILES string of the molecule is CC[C@@H]1CC1(NC(=O)[C@@H]1C[C@H](OS(=O)(=O)c2ccc(Br)cc2)CN1C(=O)C(NC(=O)OC1C[C@@H]2C[C@@H]2C1)C(C)(C)C)C(=O)OC. The minimum atomic E-state index is -4.25. The van der Waals surface area contributed by atoms with Crippen LogP contribution in [0.4, 0.5) is 4.79 Å². The molecule has 45 heavy (non-hydrogen) atoms. The molecule has 12 nitrogen and oxygen atoms in total. The van der Waals surface area contributed by atoms with Gasteiger partial charge in [-0.15, -0.1) is 0 Å². The quantitative estimate of drug-likeness (QED) is 0.274. The number of nitrogens with zero attached hydrogens (tertiary/aromatic N) is 1. The number of methoxy groups -OCH3 is 1. The molecule has 0 spiro atoms. The standard InChI is InChI=1S/C31H42BrN3O9S/c1-6-19-15-31(19,28(38)42-5)34-26(36)24-14-22(44-45(40,41)23-9-7-20(32)8-10-23)16-35(24)27(37)25(30(2,3)4)33-29(39)43-21-12-17-11-18(17)13-21/h7-10,17-19,21-22,24-25H,6,11-16H2,1-5H3,(H,33,39)(H,34,36)/t17-,18+,19-,21?,22+,24+,25?,31?/m1/s1. The highest BCUT2D eigenvalue weighted by molar-refractivity contribution is 9.10. The van der Waals surface area contributed by atoms with Crippen LogP contribution in [-0.2, 0) is 38.2 Å². The van der Waals surface area contributed by atoms with Gasteiger partial charge in [-0.1, -0.05) is 50.0 Å². The lowest BCUT2D eigenvalue weighted by Crippen LogP contribution is -2.59. The highest BCUT2D eigenvalue weighted by atomic mass is 79.9. The van der Waals surface area contributed by atoms with Crippen molar-refractivity contribution in [2.24, 2.45) is 23.2 Å². The molecule has 4 aliphatic rings. The van der Waals surface area contributed by atoms with Gasteiger partial charge in [-0.25, -0.2) is 9.59 Å². The number of rotatable bonds is 10. The summed E-state index contributed by atoms with van der Waals surface area (Å²) in [5.41, 5.74) is -2.01. The second-order valence-electron chi connectivity index (χ2n) is 13.8. The molecule has 1 aromatic rings. The number of hydrogen-bond acceptors (Lipinski definition) is 9. The molecule has 0 radical (unpaired) electrons. The van der Waals surface area contributed by atoms with Crippen molar-refractivity contribution in [3.63, 3.8) is 0 Å². The molecule has 3 unspecified atom stereocenters. The summed E-state index contributed by atoms with van der Waals surface area (Å²) in [6.07, 6.45) is 1.69. The van der Waals surface area contributed by atoms with Crippen LogP contribution in [0.2, 0.25) is 0 Å². The van der Waals surface area contributed by atoms with E-state index >= 15 is 0 Å². The van der Waals surface area contributed by atoms with E-state index in [9.17, 15) is 27.6 Å². The van der Waals surface area contributed by atoms with Gasteiger partial charge in [0.1, 0.15) is 23.7 Å². The van der Waals surface area contributed by atoms with Crippen molar-refractivity contribution in [1.82, 2.24) is 15.5 Å². The smallest absolute Gasteiger partial charge is 0.408 e. The number of fused-ring (bicyclic) bond motifs is 1. The Morgan fingerprint density at radius 2 is 1.69 bits per heavy atom. The first-order valence-electron chi connectivity index (χ1n) is 15.4. The maximum Gasteiger partial charge on any atom is 0.408 e. The Kier molecular flexibility index (Phi) is 9.33. The van der Waals surface area contributed by atoms with Crippen LogP contribution in [0.25, 0.3) is 0 Å². The van der Waals surface area contributed by atoms with Crippen molar-refractivity contribution in [3.8, 4) is 0 Å². The van der Waals surface area contributed by atoms with Gasteiger partial charge in [-0.3, -0.25) is 13.8 Å². The third-order valence-corrected chi connectivity index (χ3v) is 11.5. The first kappa shape index (κ1) is 33.6. The summed E-state index contributed by atoms with van der Waals surface area (Å²) in [5.74, 6) is -0.725. The van der Waals surface area contributed by atoms with Crippen molar-refractivity contribution in [2.75, 3.05) is 13.7 Å². The van der Waals surface area contributed by atoms with Gasteiger partial charge >= 0.3 is 12.1 Å². The number of hydrogen-bond donors (Lipinski definition) is 2. The van der Waals surface area contributed by atoms with Gasteiger partial charge in [0.15, 0.2) is 0 Å². The Morgan fingerprint density at radius 1 is 1.04 bits per heavy atom. The number of halogens is 1. The van der Waals surface area contributed by atoms with E-state index in [-0.39, 0.29) is 29.9 Å². The lowest BCUT2D eigenvalue weighted by Gasteiger charge is -2.35. The molecule has 5 rings (SSSR count). The Balaban J connectivity index is 1.37. The predicted molar refractivity (Wildman–Crippen MR) is 165 cm³/mol. The number of benzene rings is 1. The molecule has 0 aromatic heterocycles. The van der Waals surface area contributed by atoms with Gasteiger partial charge in [0.25, 0.3) is 10.1 Å². The first-order chi connectivity index (χ1) is 21.1. The number of carbonyl (C=O) groups is 4. The third-order valence-electron chi connectivity index (χ3n) is 9.56. The molecule has 1 aromatic carbocycles. The highest BCUT2D eigenvalue weighted by Gasteiger charge is 2.62. The molecule has 3 saturated carbocycles. The zero-order valence-electron chi connectivity index (χ0n) is 26.2. The molecule has 248 valence electrons. The summed E-state index contributed by atoms with van der Waals surface area (Å²) in [6, 6.07) is 3.63. The normalized spacial score (nSPS) is 31.0. The second-order valence-corrected chi connectivity index (χ2v) is 16.3. The van der Waals surface area contributed by atoms with Crippen LogP contribution in [-0.4, -0.2) is 80.7 Å². The summed E-state index contributed by atoms with van der Waals surface area (Å²) in [6.45, 7) is 7.00. The van der Waals surface area contributed by atoms with E-state index in [1.165, 1.54) is 30.6 Å². The fourth-order valence-electron chi connectivity index (χ4n) is 6.83. The fraction of sp³-hybridized carbons (Fsp3) is 0.677. The van der Waals surface area contributed by atoms with E-state index in [1.807, 2.05) is 6.92 Å². The topological polar surface area (TPSA) is 157 Å². The molecule has 3 amide bonds. The van der Waals surface area contributed by atoms with Crippen molar-refractivity contribution in [2.45, 2.75) is 101 Å². The zero-order valence-corrected chi connectivity index (χ0v) is 28.6. The highest BCUT2D eigenvalue weighted by Crippen LogP contribution is 2.52. The van der Waals surface area contributed by atoms with Gasteiger partial charge in [-0.2, -0.15) is 8.42 Å². The number of esters is 1. The summed E-state index contributed by atoms with van der Waals surface area (Å²) in [5, 5.41) is 5.54. The van der Waals surface area contributed by atoms with E-state index in [0.717, 1.165) is 12.8 Å². The average molecular weight is 713 g/mol. The Labute approximate surface area is 272 Å². The lowest BCUT2D eigenvalue weighted by atomic mass is 9.85. The Bertz CT molecular complexity index is 1440. The van der Waals surface area contributed by atoms with Crippen LogP contribution < -0.4 is 10.6 Å². The van der Waals surface area contributed by atoms with E-state index < -0.39 is 63.1 Å². The fourth-order valence-corrected chi connectivity index (χ4v) is 8.17. The molecule has 1 saturated heterocycles. The van der Waals surface area contributed by atoms with Crippen LogP contribution >= 0.6 is 15.9 Å². The molecule has 0 bridgehead atoms. The van der Waals surface area contributed by atoms with Crippen molar-refractivity contribution < 1.29 is 41.3 Å². The van der Waals surface area contributed by atoms with Gasteiger partial charge in [0, 0.05) is 17.4 Å². The van der Waals surface area contributed by atoms with Crippen LogP contribution in [0.15, 0.2) is 33.6 Å². The molecule has 8 atom stereocenters. The molecule has 1 aliphatic heterocycles. The van der Waals surface area contributed by atoms with E-state index in [4.69, 9.17) is 13.7 Å². The number of amides is 3. The summed E-state index contributed by atoms with van der Waals surface area (Å²) < 4.78 is 43.2. The van der Waals surface area contributed by atoms with Crippen molar-refractivity contribution >= 4 is 49.9 Å². The Hall–Kier alpha value is -2.71. The number of nitrogens with one attached hydrogen (secondary N) is 2. The maximum absolute atomic E-state index is 14.2. The number of carbonyl (C=O) groups excluding carboxylic acids is 4. The minimum absolute atomic E-state index is 0.0774. The van der Waals surface area contributed by atoms with Crippen molar-refractivity contribution in [1.29, 1.82) is 0 Å². The predicted octanol–water partition coefficient (Wildman–Crippen LogP) is 3.52. The molecule has 14 heteroatoms. The lowest BCUT2D eigenvalue weighted by molar-refractivity contribution is -0.148. The van der Waals surface area contributed by atoms with Crippen molar-refractivity contribution in [3.05, 3.63) is 28.7 Å². The van der Waals surface area contributed by atoms with E-state index in [0.29, 0.717) is 29.2 Å². The molecule has 3 aliphatic carbocycles. The van der Waals surface area contributed by atoms with E-state index in [2.05, 4.69) is 26.6 Å². The van der Waals surface area contributed by atoms with Gasteiger partial charge in [0.2, 0.25) is 11.8 Å². The first-order valence-corrected chi connectivity index (χ1v) is 17.6. The molecule has 2 N–H and O–H groups in total. The third kappa shape index (κ3) is 7.17. The summed E-state index contributed by atoms with van der Waals surface area (Å²) in [7, 11) is -3.00. The number of likely N-dealkylation sites (tertiary alicyclic amines) is 1. The van der Waals surface area contributed by atoms with Gasteiger partial charge in [-0.05, 0) is 73.1 Å². The van der Waals surface area contributed by atoms with Crippen LogP contribution in [0.1, 0.15) is 66.2 Å². The average Bonchev–Trinajstić information content (AvgIpc) is 3.78. The largest absolute Gasteiger partial charge is 0.467 e. The van der Waals surface area contributed by atoms with Crippen LogP contribution in [0, 0.1) is 23.2 Å². The van der Waals surface area contributed by atoms with Crippen LogP contribution in [0.5, 0.6) is 0 Å².